The SMILES string of the molecule is CC(O)c1cn(CCSC(F)(F)F)nn1. The normalized spacial score (nSPS) is 14.2. The number of thioether (sulfide) groups is 1. The lowest BCUT2D eigenvalue weighted by Crippen LogP contribution is -2.07. The van der Waals surface area contributed by atoms with Crippen LogP contribution in [0.5, 0.6) is 0 Å². The Morgan fingerprint density at radius 2 is 2.27 bits per heavy atom. The zero-order valence-corrected chi connectivity index (χ0v) is 8.72. The fourth-order valence-electron chi connectivity index (χ4n) is 0.869. The van der Waals surface area contributed by atoms with E-state index in [1.807, 2.05) is 0 Å². The van der Waals surface area contributed by atoms with Gasteiger partial charge in [-0.25, -0.2) is 0 Å². The van der Waals surface area contributed by atoms with Gasteiger partial charge in [-0.3, -0.25) is 4.68 Å². The Morgan fingerprint density at radius 3 is 2.73 bits per heavy atom. The largest absolute Gasteiger partial charge is 0.441 e. The van der Waals surface area contributed by atoms with E-state index >= 15 is 0 Å². The molecule has 0 aliphatic carbocycles. The van der Waals surface area contributed by atoms with Crippen molar-refractivity contribution in [3.63, 3.8) is 0 Å². The summed E-state index contributed by atoms with van der Waals surface area (Å²) in [5.74, 6) is -0.119. The molecule has 4 nitrogen and oxygen atoms in total. The van der Waals surface area contributed by atoms with Gasteiger partial charge < -0.3 is 5.11 Å². The van der Waals surface area contributed by atoms with Crippen molar-refractivity contribution < 1.29 is 18.3 Å². The van der Waals surface area contributed by atoms with Gasteiger partial charge >= 0.3 is 5.51 Å². The van der Waals surface area contributed by atoms with Crippen LogP contribution in [0, 0.1) is 0 Å². The van der Waals surface area contributed by atoms with Gasteiger partial charge in [0.15, 0.2) is 0 Å². The molecule has 0 aliphatic heterocycles. The van der Waals surface area contributed by atoms with Crippen LogP contribution in [-0.4, -0.2) is 31.4 Å². The maximum atomic E-state index is 11.8. The second-order valence-corrected chi connectivity index (χ2v) is 4.04. The molecule has 1 N–H and O–H groups in total. The third-order valence-corrected chi connectivity index (χ3v) is 2.28. The van der Waals surface area contributed by atoms with Crippen molar-refractivity contribution in [3.8, 4) is 0 Å². The van der Waals surface area contributed by atoms with E-state index < -0.39 is 11.6 Å². The first-order chi connectivity index (χ1) is 6.88. The van der Waals surface area contributed by atoms with Gasteiger partial charge in [0.2, 0.25) is 0 Å². The summed E-state index contributed by atoms with van der Waals surface area (Å²) >= 11 is -0.105. The first-order valence-corrected chi connectivity index (χ1v) is 5.16. The minimum Gasteiger partial charge on any atom is -0.387 e. The van der Waals surface area contributed by atoms with Crippen LogP contribution in [0.1, 0.15) is 18.7 Å². The molecule has 0 fully saturated rings. The molecule has 1 atom stereocenters. The smallest absolute Gasteiger partial charge is 0.387 e. The van der Waals surface area contributed by atoms with Crippen LogP contribution in [0.15, 0.2) is 6.20 Å². The standard InChI is InChI=1S/C7H10F3N3OS/c1-5(14)6-4-13(12-11-6)2-3-15-7(8,9)10/h4-5,14H,2-3H2,1H3. The van der Waals surface area contributed by atoms with Gasteiger partial charge in [-0.2, -0.15) is 13.2 Å². The van der Waals surface area contributed by atoms with Gasteiger partial charge in [-0.15, -0.1) is 5.10 Å². The van der Waals surface area contributed by atoms with Crippen LogP contribution >= 0.6 is 11.8 Å². The molecule has 0 aliphatic rings. The molecule has 1 aromatic heterocycles. The van der Waals surface area contributed by atoms with Crippen LogP contribution in [-0.2, 0) is 6.54 Å². The third kappa shape index (κ3) is 4.52. The molecule has 86 valence electrons. The Kier molecular flexibility index (Phi) is 3.97. The number of alkyl halides is 3. The van der Waals surface area contributed by atoms with E-state index in [1.165, 1.54) is 17.8 Å². The molecule has 15 heavy (non-hydrogen) atoms. The number of nitrogens with zero attached hydrogens (tertiary/aromatic N) is 3. The lowest BCUT2D eigenvalue weighted by atomic mass is 10.3. The lowest BCUT2D eigenvalue weighted by molar-refractivity contribution is -0.0328. The second kappa shape index (κ2) is 4.84. The summed E-state index contributed by atoms with van der Waals surface area (Å²) < 4.78 is 36.6. The van der Waals surface area contributed by atoms with Crippen molar-refractivity contribution in [1.29, 1.82) is 0 Å². The van der Waals surface area contributed by atoms with Crippen molar-refractivity contribution in [1.82, 2.24) is 15.0 Å². The number of aliphatic hydroxyl groups is 1. The highest BCUT2D eigenvalue weighted by atomic mass is 32.2. The molecule has 0 amide bonds. The number of rotatable bonds is 4. The van der Waals surface area contributed by atoms with Crippen molar-refractivity contribution >= 4 is 11.8 Å². The molecule has 1 heterocycles. The molecule has 8 heteroatoms. The van der Waals surface area contributed by atoms with Crippen LogP contribution in [0.2, 0.25) is 0 Å². The zero-order chi connectivity index (χ0) is 11.5. The van der Waals surface area contributed by atoms with E-state index in [0.717, 1.165) is 0 Å². The van der Waals surface area contributed by atoms with Gasteiger partial charge in [0.1, 0.15) is 5.69 Å². The highest BCUT2D eigenvalue weighted by Crippen LogP contribution is 2.29. The molecule has 1 rings (SSSR count). The van der Waals surface area contributed by atoms with Crippen molar-refractivity contribution in [2.24, 2.45) is 0 Å². The maximum absolute atomic E-state index is 11.8. The molecule has 0 saturated carbocycles. The summed E-state index contributed by atoms with van der Waals surface area (Å²) in [4.78, 5) is 0. The van der Waals surface area contributed by atoms with E-state index in [1.54, 1.807) is 0 Å². The predicted molar refractivity (Wildman–Crippen MR) is 49.2 cm³/mol. The summed E-state index contributed by atoms with van der Waals surface area (Å²) in [7, 11) is 0. The van der Waals surface area contributed by atoms with Crippen LogP contribution in [0.3, 0.4) is 0 Å². The number of aryl methyl sites for hydroxylation is 1. The Balaban J connectivity index is 2.38. The monoisotopic (exact) mass is 241 g/mol. The zero-order valence-electron chi connectivity index (χ0n) is 7.90. The Bertz CT molecular complexity index is 313. The van der Waals surface area contributed by atoms with Gasteiger partial charge in [0.25, 0.3) is 0 Å². The van der Waals surface area contributed by atoms with Gasteiger partial charge in [-0.1, -0.05) is 5.21 Å². The highest BCUT2D eigenvalue weighted by molar-refractivity contribution is 8.00. The fraction of sp³-hybridized carbons (Fsp3) is 0.714. The van der Waals surface area contributed by atoms with E-state index in [0.29, 0.717) is 5.69 Å². The number of halogens is 3. The average molecular weight is 241 g/mol. The first kappa shape index (κ1) is 12.3. The summed E-state index contributed by atoms with van der Waals surface area (Å²) in [6.45, 7) is 1.63. The number of aliphatic hydroxyl groups excluding tert-OH is 1. The Morgan fingerprint density at radius 1 is 1.60 bits per heavy atom. The highest BCUT2D eigenvalue weighted by Gasteiger charge is 2.27. The first-order valence-electron chi connectivity index (χ1n) is 4.17. The minimum absolute atomic E-state index is 0.105. The third-order valence-electron chi connectivity index (χ3n) is 1.57. The van der Waals surface area contributed by atoms with E-state index in [4.69, 9.17) is 5.11 Å². The summed E-state index contributed by atoms with van der Waals surface area (Å²) in [5.41, 5.74) is -3.86. The molecule has 0 bridgehead atoms. The molecular formula is C7H10F3N3OS. The van der Waals surface area contributed by atoms with Crippen LogP contribution in [0.4, 0.5) is 13.2 Å². The topological polar surface area (TPSA) is 50.9 Å². The van der Waals surface area contributed by atoms with Crippen LogP contribution < -0.4 is 0 Å². The van der Waals surface area contributed by atoms with E-state index in [9.17, 15) is 13.2 Å². The molecule has 1 unspecified atom stereocenters. The summed E-state index contributed by atoms with van der Waals surface area (Å²) in [5, 5.41) is 16.3. The van der Waals surface area contributed by atoms with E-state index in [2.05, 4.69) is 10.3 Å². The molecule has 0 aromatic carbocycles. The average Bonchev–Trinajstić information content (AvgIpc) is 2.50. The van der Waals surface area contributed by atoms with Gasteiger partial charge in [-0.05, 0) is 18.7 Å². The minimum atomic E-state index is -4.21. The molecule has 0 spiro atoms. The number of hydrogen-bond donors (Lipinski definition) is 1. The van der Waals surface area contributed by atoms with Crippen molar-refractivity contribution in [3.05, 3.63) is 11.9 Å². The van der Waals surface area contributed by atoms with Crippen molar-refractivity contribution in [2.45, 2.75) is 25.1 Å². The Labute approximate surface area is 88.5 Å². The van der Waals surface area contributed by atoms with E-state index in [-0.39, 0.29) is 24.1 Å². The quantitative estimate of drug-likeness (QED) is 0.869. The molecular weight excluding hydrogens is 231 g/mol. The molecule has 0 radical (unpaired) electrons. The second-order valence-electron chi connectivity index (χ2n) is 2.88. The number of aromatic nitrogens is 3. The summed E-state index contributed by atoms with van der Waals surface area (Å²) in [6.07, 6.45) is 0.677. The summed E-state index contributed by atoms with van der Waals surface area (Å²) in [6, 6.07) is 0. The number of hydrogen-bond acceptors (Lipinski definition) is 4. The van der Waals surface area contributed by atoms with Gasteiger partial charge in [0, 0.05) is 5.75 Å². The van der Waals surface area contributed by atoms with Crippen molar-refractivity contribution in [2.75, 3.05) is 5.75 Å². The molecule has 1 aromatic rings. The lowest BCUT2D eigenvalue weighted by Gasteiger charge is -2.04. The Hall–Kier alpha value is -0.760. The van der Waals surface area contributed by atoms with Gasteiger partial charge in [0.05, 0.1) is 18.8 Å². The fourth-order valence-corrected chi connectivity index (χ4v) is 1.38. The maximum Gasteiger partial charge on any atom is 0.441 e. The predicted octanol–water partition coefficient (Wildman–Crippen LogP) is 1.58. The molecule has 0 saturated heterocycles. The van der Waals surface area contributed by atoms with Crippen LogP contribution in [0.25, 0.3) is 0 Å².